The first-order valence-corrected chi connectivity index (χ1v) is 6.74. The minimum absolute atomic E-state index is 0.980. The van der Waals surface area contributed by atoms with E-state index in [2.05, 4.69) is 17.9 Å². The average Bonchev–Trinajstić information content (AvgIpc) is 2.39. The van der Waals surface area contributed by atoms with E-state index in [9.17, 15) is 0 Å². The van der Waals surface area contributed by atoms with Gasteiger partial charge in [0, 0.05) is 11.5 Å². The van der Waals surface area contributed by atoms with Crippen LogP contribution in [0.25, 0.3) is 0 Å². The summed E-state index contributed by atoms with van der Waals surface area (Å²) in [4.78, 5) is 8.78. The smallest absolute Gasteiger partial charge is 0.402 e. The van der Waals surface area contributed by atoms with Gasteiger partial charge >= 0.3 is 6.09 Å². The van der Waals surface area contributed by atoms with Gasteiger partial charge in [-0.1, -0.05) is 23.8 Å². The molecule has 0 aliphatic heterocycles. The molecule has 0 bridgehead atoms. The lowest BCUT2D eigenvalue weighted by molar-refractivity contribution is 0.205. The molecule has 0 unspecified atom stereocenters. The Bertz CT molecular complexity index is 420. The summed E-state index contributed by atoms with van der Waals surface area (Å²) in [6.07, 6.45) is 9.74. The zero-order valence-corrected chi connectivity index (χ0v) is 11.9. The Morgan fingerprint density at radius 3 is 2.58 bits per heavy atom. The van der Waals surface area contributed by atoms with Crippen LogP contribution in [0.15, 0.2) is 34.1 Å². The van der Waals surface area contributed by atoms with Crippen LogP contribution in [0, 0.1) is 0 Å². The fraction of sp³-hybridized carbons (Fsp3) is 0.500. The summed E-state index contributed by atoms with van der Waals surface area (Å²) in [7, 11) is 1.77. The number of primary amides is 1. The second kappa shape index (κ2) is 7.89. The van der Waals surface area contributed by atoms with Crippen LogP contribution in [0.2, 0.25) is 0 Å². The Morgan fingerprint density at radius 2 is 2.00 bits per heavy atom. The van der Waals surface area contributed by atoms with E-state index in [4.69, 9.17) is 26.2 Å². The molecule has 2 aliphatic rings. The predicted octanol–water partition coefficient (Wildman–Crippen LogP) is 3.93. The molecule has 19 heavy (non-hydrogen) atoms. The number of nitrogens with two attached hydrogens (primary N) is 1. The second-order valence-corrected chi connectivity index (χ2v) is 4.87. The fourth-order valence-electron chi connectivity index (χ4n) is 2.29. The zero-order chi connectivity index (χ0) is 14.3. The molecule has 4 nitrogen and oxygen atoms in total. The molecule has 0 saturated carbocycles. The van der Waals surface area contributed by atoms with Gasteiger partial charge in [-0.3, -0.25) is 0 Å². The molecule has 1 amide bonds. The molecular weight excluding hydrogens is 266 g/mol. The third kappa shape index (κ3) is 4.99. The van der Waals surface area contributed by atoms with Crippen LogP contribution in [0.5, 0.6) is 0 Å². The number of halogens is 1. The highest BCUT2D eigenvalue weighted by atomic mass is 35.5. The Labute approximate surface area is 118 Å². The maximum atomic E-state index is 8.78. The molecule has 0 aromatic carbocycles. The summed E-state index contributed by atoms with van der Waals surface area (Å²) in [5.74, 6) is 1.14. The number of methoxy groups -OCH3 is 1. The van der Waals surface area contributed by atoms with E-state index in [0.29, 0.717) is 0 Å². The first-order valence-electron chi connectivity index (χ1n) is 6.36. The van der Waals surface area contributed by atoms with Crippen molar-refractivity contribution in [2.24, 2.45) is 5.73 Å². The quantitative estimate of drug-likeness (QED) is 0.807. The van der Waals surface area contributed by atoms with Crippen molar-refractivity contribution >= 4 is 17.7 Å². The number of rotatable bonds is 2. The predicted molar refractivity (Wildman–Crippen MR) is 76.0 cm³/mol. The topological polar surface area (TPSA) is 72.5 Å². The molecule has 0 saturated heterocycles. The van der Waals surface area contributed by atoms with E-state index in [-0.39, 0.29) is 0 Å². The largest absolute Gasteiger partial charge is 0.501 e. The van der Waals surface area contributed by atoms with E-state index in [0.717, 1.165) is 36.5 Å². The van der Waals surface area contributed by atoms with Gasteiger partial charge in [-0.25, -0.2) is 4.79 Å². The van der Waals surface area contributed by atoms with Crippen molar-refractivity contribution in [2.45, 2.75) is 38.5 Å². The third-order valence-corrected chi connectivity index (χ3v) is 3.49. The van der Waals surface area contributed by atoms with Crippen molar-refractivity contribution in [3.05, 3.63) is 34.1 Å². The van der Waals surface area contributed by atoms with E-state index in [1.54, 1.807) is 7.11 Å². The maximum absolute atomic E-state index is 8.78. The van der Waals surface area contributed by atoms with Crippen LogP contribution in [0.1, 0.15) is 38.5 Å². The summed E-state index contributed by atoms with van der Waals surface area (Å²) < 4.78 is 5.46. The molecule has 0 radical (unpaired) electrons. The number of amides is 1. The zero-order valence-electron chi connectivity index (χ0n) is 11.1. The molecule has 0 aromatic heterocycles. The van der Waals surface area contributed by atoms with Gasteiger partial charge in [0.2, 0.25) is 0 Å². The highest BCUT2D eigenvalue weighted by Crippen LogP contribution is 2.36. The monoisotopic (exact) mass is 285 g/mol. The van der Waals surface area contributed by atoms with Gasteiger partial charge in [-0.2, -0.15) is 0 Å². The van der Waals surface area contributed by atoms with Crippen LogP contribution in [0.4, 0.5) is 4.79 Å². The molecule has 3 N–H and O–H groups in total. The first-order chi connectivity index (χ1) is 9.06. The summed E-state index contributed by atoms with van der Waals surface area (Å²) in [5, 5.41) is 8.20. The Kier molecular flexibility index (Phi) is 6.50. The number of hydrogen-bond donors (Lipinski definition) is 2. The summed E-state index contributed by atoms with van der Waals surface area (Å²) in [6, 6.07) is 0. The average molecular weight is 286 g/mol. The standard InChI is InChI=1S/C13H17ClO.CH3NO2/c1-15-13-9-5-3-7-11(13)10-6-2-4-8-12(10)14;2-1(3)4/h2,6H,3-5,7-9H2,1H3;2H2,(H,3,4). The number of carboxylic acid groups (broad SMARTS) is 1. The van der Waals surface area contributed by atoms with E-state index in [1.165, 1.54) is 24.0 Å². The van der Waals surface area contributed by atoms with Crippen molar-refractivity contribution in [1.82, 2.24) is 0 Å². The number of hydrogen-bond acceptors (Lipinski definition) is 2. The summed E-state index contributed by atoms with van der Waals surface area (Å²) in [5.41, 5.74) is 6.59. The number of carbonyl (C=O) groups is 1. The van der Waals surface area contributed by atoms with Gasteiger partial charge in [0.1, 0.15) is 0 Å². The number of allylic oxidation sites excluding steroid dienone is 6. The molecule has 106 valence electrons. The van der Waals surface area contributed by atoms with Gasteiger partial charge in [0.25, 0.3) is 0 Å². The van der Waals surface area contributed by atoms with Crippen LogP contribution in [0.3, 0.4) is 0 Å². The number of ether oxygens (including phenoxy) is 1. The van der Waals surface area contributed by atoms with Gasteiger partial charge in [0.05, 0.1) is 12.9 Å². The van der Waals surface area contributed by atoms with Crippen LogP contribution >= 0.6 is 11.6 Å². The Hall–Kier alpha value is -1.42. The lowest BCUT2D eigenvalue weighted by Gasteiger charge is -2.22. The lowest BCUT2D eigenvalue weighted by atomic mass is 9.89. The van der Waals surface area contributed by atoms with Gasteiger partial charge in [-0.05, 0) is 43.3 Å². The van der Waals surface area contributed by atoms with Crippen molar-refractivity contribution in [3.8, 4) is 0 Å². The van der Waals surface area contributed by atoms with Gasteiger partial charge in [-0.15, -0.1) is 0 Å². The van der Waals surface area contributed by atoms with Crippen LogP contribution in [-0.4, -0.2) is 18.3 Å². The molecule has 2 aliphatic carbocycles. The van der Waals surface area contributed by atoms with Gasteiger partial charge < -0.3 is 15.6 Å². The van der Waals surface area contributed by atoms with E-state index in [1.807, 2.05) is 0 Å². The normalized spacial score (nSPS) is 18.8. The molecule has 2 rings (SSSR count). The highest BCUT2D eigenvalue weighted by molar-refractivity contribution is 6.30. The fourth-order valence-corrected chi connectivity index (χ4v) is 2.57. The molecular formula is C14H20ClNO3. The molecule has 0 atom stereocenters. The lowest BCUT2D eigenvalue weighted by Crippen LogP contribution is -2.05. The molecule has 0 spiro atoms. The SMILES string of the molecule is COC1=C(C2=C(Cl)CCC=C2)CCCC1.NC(=O)O. The molecule has 5 heteroatoms. The minimum Gasteiger partial charge on any atom is -0.501 e. The summed E-state index contributed by atoms with van der Waals surface area (Å²) >= 11 is 6.28. The first kappa shape index (κ1) is 15.6. The molecule has 0 fully saturated rings. The van der Waals surface area contributed by atoms with Crippen molar-refractivity contribution in [2.75, 3.05) is 7.11 Å². The second-order valence-electron chi connectivity index (χ2n) is 4.41. The maximum Gasteiger partial charge on any atom is 0.402 e. The Morgan fingerprint density at radius 1 is 1.37 bits per heavy atom. The van der Waals surface area contributed by atoms with Crippen molar-refractivity contribution < 1.29 is 14.6 Å². The van der Waals surface area contributed by atoms with E-state index < -0.39 is 6.09 Å². The summed E-state index contributed by atoms with van der Waals surface area (Å²) in [6.45, 7) is 0. The third-order valence-electron chi connectivity index (χ3n) is 3.10. The molecule has 0 aromatic rings. The van der Waals surface area contributed by atoms with Gasteiger partial charge in [0.15, 0.2) is 0 Å². The van der Waals surface area contributed by atoms with E-state index >= 15 is 0 Å². The van der Waals surface area contributed by atoms with Crippen molar-refractivity contribution in [1.29, 1.82) is 0 Å². The minimum atomic E-state index is -1.33. The van der Waals surface area contributed by atoms with Crippen molar-refractivity contribution in [3.63, 3.8) is 0 Å². The molecule has 0 heterocycles. The van der Waals surface area contributed by atoms with Crippen LogP contribution in [-0.2, 0) is 4.74 Å². The Balaban J connectivity index is 0.000000399. The highest BCUT2D eigenvalue weighted by Gasteiger charge is 2.18. The van der Waals surface area contributed by atoms with Crippen LogP contribution < -0.4 is 5.73 Å².